The average Bonchev–Trinajstić information content (AvgIpc) is 2.94. The lowest BCUT2D eigenvalue weighted by molar-refractivity contribution is 0.152. The summed E-state index contributed by atoms with van der Waals surface area (Å²) in [6.45, 7) is 2.45. The van der Waals surface area contributed by atoms with E-state index in [9.17, 15) is 13.2 Å². The number of sulfonamides is 1. The fourth-order valence-corrected chi connectivity index (χ4v) is 5.00. The molecule has 142 valence electrons. The summed E-state index contributed by atoms with van der Waals surface area (Å²) in [4.78, 5) is 15.0. The van der Waals surface area contributed by atoms with Gasteiger partial charge in [-0.1, -0.05) is 30.3 Å². The topological polar surface area (TPSA) is 67.6 Å². The lowest BCUT2D eigenvalue weighted by Crippen LogP contribution is -2.49. The molecular formula is C19H22N4O3S. The molecule has 4 rings (SSSR count). The van der Waals surface area contributed by atoms with Gasteiger partial charge >= 0.3 is 5.69 Å². The highest BCUT2D eigenvalue weighted by Gasteiger charge is 2.28. The summed E-state index contributed by atoms with van der Waals surface area (Å²) < 4.78 is 30.4. The Morgan fingerprint density at radius 1 is 0.852 bits per heavy atom. The molecular weight excluding hydrogens is 364 g/mol. The van der Waals surface area contributed by atoms with Crippen LogP contribution in [0.1, 0.15) is 0 Å². The van der Waals surface area contributed by atoms with Crippen LogP contribution < -0.4 is 5.69 Å². The maximum atomic E-state index is 12.7. The number of aryl methyl sites for hydroxylation is 1. The number of hydrogen-bond acceptors (Lipinski definition) is 4. The summed E-state index contributed by atoms with van der Waals surface area (Å²) >= 11 is 0. The average molecular weight is 386 g/mol. The maximum absolute atomic E-state index is 12.7. The van der Waals surface area contributed by atoms with E-state index in [2.05, 4.69) is 4.90 Å². The summed E-state index contributed by atoms with van der Waals surface area (Å²) in [5.74, 6) is 0. The minimum Gasteiger partial charge on any atom is -0.295 e. The highest BCUT2D eigenvalue weighted by molar-refractivity contribution is 7.89. The summed E-state index contributed by atoms with van der Waals surface area (Å²) in [7, 11) is -1.69. The summed E-state index contributed by atoms with van der Waals surface area (Å²) in [5, 5.41) is 0. The molecule has 0 atom stereocenters. The molecule has 2 aromatic carbocycles. The summed E-state index contributed by atoms with van der Waals surface area (Å²) in [6.07, 6.45) is 0. The van der Waals surface area contributed by atoms with E-state index < -0.39 is 10.0 Å². The van der Waals surface area contributed by atoms with E-state index in [1.54, 1.807) is 46.5 Å². The Hall–Kier alpha value is -2.42. The van der Waals surface area contributed by atoms with Crippen LogP contribution in [0.4, 0.5) is 0 Å². The van der Waals surface area contributed by atoms with Crippen LogP contribution in [0.5, 0.6) is 0 Å². The fourth-order valence-electron chi connectivity index (χ4n) is 3.55. The largest absolute Gasteiger partial charge is 0.329 e. The van der Waals surface area contributed by atoms with Gasteiger partial charge in [0.25, 0.3) is 0 Å². The Morgan fingerprint density at radius 3 is 2.11 bits per heavy atom. The highest BCUT2D eigenvalue weighted by atomic mass is 32.2. The molecule has 1 aliphatic rings. The Bertz CT molecular complexity index is 1110. The van der Waals surface area contributed by atoms with Gasteiger partial charge in [-0.25, -0.2) is 13.2 Å². The van der Waals surface area contributed by atoms with Crippen LogP contribution in [-0.2, 0) is 23.7 Å². The second-order valence-corrected chi connectivity index (χ2v) is 8.67. The molecule has 0 radical (unpaired) electrons. The van der Waals surface area contributed by atoms with Gasteiger partial charge in [0, 0.05) is 33.2 Å². The number of fused-ring (bicyclic) bond motifs is 1. The van der Waals surface area contributed by atoms with Gasteiger partial charge in [0.1, 0.15) is 0 Å². The van der Waals surface area contributed by atoms with Crippen molar-refractivity contribution in [1.82, 2.24) is 18.3 Å². The Balaban J connectivity index is 1.50. The van der Waals surface area contributed by atoms with Crippen LogP contribution in [-0.4, -0.2) is 52.9 Å². The molecule has 0 unspecified atom stereocenters. The third-order valence-corrected chi connectivity index (χ3v) is 7.02. The van der Waals surface area contributed by atoms with Gasteiger partial charge in [0.05, 0.1) is 22.6 Å². The number of piperazine rings is 1. The van der Waals surface area contributed by atoms with Gasteiger partial charge in [-0.15, -0.1) is 0 Å². The molecule has 27 heavy (non-hydrogen) atoms. The number of nitrogens with zero attached hydrogens (tertiary/aromatic N) is 4. The van der Waals surface area contributed by atoms with Crippen LogP contribution in [0.25, 0.3) is 11.0 Å². The first kappa shape index (κ1) is 18.0. The predicted molar refractivity (Wildman–Crippen MR) is 104 cm³/mol. The molecule has 0 bridgehead atoms. The lowest BCUT2D eigenvalue weighted by Gasteiger charge is -2.34. The molecule has 2 heterocycles. The van der Waals surface area contributed by atoms with Crippen molar-refractivity contribution in [3.8, 4) is 0 Å². The number of para-hydroxylation sites is 2. The molecule has 1 aromatic heterocycles. The van der Waals surface area contributed by atoms with Crippen LogP contribution in [0.3, 0.4) is 0 Å². The Kier molecular flexibility index (Phi) is 4.63. The predicted octanol–water partition coefficient (Wildman–Crippen LogP) is 1.30. The van der Waals surface area contributed by atoms with Crippen molar-refractivity contribution in [2.24, 2.45) is 7.05 Å². The van der Waals surface area contributed by atoms with Gasteiger partial charge < -0.3 is 0 Å². The smallest absolute Gasteiger partial charge is 0.295 e. The summed E-state index contributed by atoms with van der Waals surface area (Å²) in [5.41, 5.74) is 1.73. The third kappa shape index (κ3) is 3.20. The van der Waals surface area contributed by atoms with Gasteiger partial charge in [0.15, 0.2) is 0 Å². The molecule has 7 nitrogen and oxygen atoms in total. The zero-order valence-electron chi connectivity index (χ0n) is 15.2. The normalized spacial score (nSPS) is 16.8. The highest BCUT2D eigenvalue weighted by Crippen LogP contribution is 2.18. The van der Waals surface area contributed by atoms with Gasteiger partial charge in [-0.3, -0.25) is 14.0 Å². The van der Waals surface area contributed by atoms with Crippen molar-refractivity contribution in [3.63, 3.8) is 0 Å². The number of aromatic nitrogens is 2. The molecule has 0 amide bonds. The van der Waals surface area contributed by atoms with Crippen LogP contribution >= 0.6 is 0 Å². The molecule has 0 N–H and O–H groups in total. The van der Waals surface area contributed by atoms with Crippen molar-refractivity contribution in [2.75, 3.05) is 26.2 Å². The number of hydrogen-bond donors (Lipinski definition) is 0. The zero-order valence-corrected chi connectivity index (χ0v) is 16.0. The van der Waals surface area contributed by atoms with Crippen molar-refractivity contribution < 1.29 is 8.42 Å². The van der Waals surface area contributed by atoms with Crippen LogP contribution in [0, 0.1) is 0 Å². The SMILES string of the molecule is Cn1c(=O)n(CN2CCN(S(=O)(=O)c3ccccc3)CC2)c2ccccc21. The molecule has 0 aliphatic carbocycles. The first-order valence-corrected chi connectivity index (χ1v) is 10.3. The molecule has 1 saturated heterocycles. The van der Waals surface area contributed by atoms with Crippen molar-refractivity contribution in [3.05, 3.63) is 65.1 Å². The van der Waals surface area contributed by atoms with Crippen LogP contribution in [0.15, 0.2) is 64.3 Å². The number of rotatable bonds is 4. The molecule has 0 spiro atoms. The Morgan fingerprint density at radius 2 is 1.44 bits per heavy atom. The van der Waals surface area contributed by atoms with Crippen LogP contribution in [0.2, 0.25) is 0 Å². The van der Waals surface area contributed by atoms with E-state index in [-0.39, 0.29) is 5.69 Å². The second-order valence-electron chi connectivity index (χ2n) is 6.73. The fraction of sp³-hybridized carbons (Fsp3) is 0.316. The van der Waals surface area contributed by atoms with Crippen molar-refractivity contribution >= 4 is 21.1 Å². The molecule has 3 aromatic rings. The molecule has 1 aliphatic heterocycles. The monoisotopic (exact) mass is 386 g/mol. The summed E-state index contributed by atoms with van der Waals surface area (Å²) in [6, 6.07) is 16.2. The molecule has 1 fully saturated rings. The minimum absolute atomic E-state index is 0.0597. The molecule has 8 heteroatoms. The van der Waals surface area contributed by atoms with E-state index >= 15 is 0 Å². The van der Waals surface area contributed by atoms with Crippen molar-refractivity contribution in [1.29, 1.82) is 0 Å². The van der Waals surface area contributed by atoms with Gasteiger partial charge in [-0.05, 0) is 24.3 Å². The van der Waals surface area contributed by atoms with Gasteiger partial charge in [-0.2, -0.15) is 4.31 Å². The minimum atomic E-state index is -3.46. The first-order valence-electron chi connectivity index (χ1n) is 8.90. The van der Waals surface area contributed by atoms with E-state index in [1.807, 2.05) is 24.3 Å². The Labute approximate surface area is 158 Å². The van der Waals surface area contributed by atoms with E-state index in [1.165, 1.54) is 4.31 Å². The second kappa shape index (κ2) is 6.95. The quantitative estimate of drug-likeness (QED) is 0.678. The van der Waals surface area contributed by atoms with E-state index in [0.29, 0.717) is 37.7 Å². The maximum Gasteiger partial charge on any atom is 0.329 e. The van der Waals surface area contributed by atoms with E-state index in [4.69, 9.17) is 0 Å². The number of benzene rings is 2. The van der Waals surface area contributed by atoms with Crippen molar-refractivity contribution in [2.45, 2.75) is 11.6 Å². The lowest BCUT2D eigenvalue weighted by atomic mass is 10.3. The standard InChI is InChI=1S/C19H22N4O3S/c1-20-17-9-5-6-10-18(17)23(19(20)24)15-21-11-13-22(14-12-21)27(25,26)16-7-3-2-4-8-16/h2-10H,11-15H2,1H3. The zero-order chi connectivity index (χ0) is 19.0. The third-order valence-electron chi connectivity index (χ3n) is 5.11. The van der Waals surface area contributed by atoms with E-state index in [0.717, 1.165) is 11.0 Å². The number of imidazole rings is 1. The molecule has 0 saturated carbocycles. The van der Waals surface area contributed by atoms with Gasteiger partial charge in [0.2, 0.25) is 10.0 Å². The first-order chi connectivity index (χ1) is 13.0.